The molecule has 0 radical (unpaired) electrons. The summed E-state index contributed by atoms with van der Waals surface area (Å²) < 4.78 is 0. The van der Waals surface area contributed by atoms with E-state index >= 15 is 0 Å². The van der Waals surface area contributed by atoms with Crippen molar-refractivity contribution in [2.24, 2.45) is 5.92 Å². The molecule has 0 aliphatic rings. The van der Waals surface area contributed by atoms with Crippen molar-refractivity contribution in [2.45, 2.75) is 34.1 Å². The van der Waals surface area contributed by atoms with Crippen LogP contribution in [0.4, 0.5) is 11.6 Å². The van der Waals surface area contributed by atoms with E-state index in [9.17, 15) is 4.79 Å². The van der Waals surface area contributed by atoms with E-state index in [0.29, 0.717) is 24.0 Å². The fourth-order valence-corrected chi connectivity index (χ4v) is 2.39. The molecule has 1 aromatic heterocycles. The minimum atomic E-state index is -0.124. The number of hydrogen-bond acceptors (Lipinski definition) is 4. The average Bonchev–Trinajstić information content (AvgIpc) is 2.56. The molecular formula is C19H26N4O. The van der Waals surface area contributed by atoms with Gasteiger partial charge in [-0.15, -0.1) is 0 Å². The first-order valence-electron chi connectivity index (χ1n) is 8.45. The van der Waals surface area contributed by atoms with Crippen LogP contribution >= 0.6 is 0 Å². The molecule has 0 fully saturated rings. The van der Waals surface area contributed by atoms with Gasteiger partial charge in [-0.05, 0) is 43.9 Å². The van der Waals surface area contributed by atoms with Crippen molar-refractivity contribution < 1.29 is 4.79 Å². The van der Waals surface area contributed by atoms with Crippen molar-refractivity contribution in [2.75, 3.05) is 18.0 Å². The lowest BCUT2D eigenvalue weighted by Crippen LogP contribution is -2.26. The van der Waals surface area contributed by atoms with E-state index in [-0.39, 0.29) is 5.91 Å². The minimum Gasteiger partial charge on any atom is -0.352 e. The number of amides is 1. The minimum absolute atomic E-state index is 0.124. The number of carbonyl (C=O) groups is 1. The second kappa shape index (κ2) is 8.43. The summed E-state index contributed by atoms with van der Waals surface area (Å²) in [5.41, 5.74) is 2.72. The molecule has 5 heteroatoms. The van der Waals surface area contributed by atoms with E-state index in [4.69, 9.17) is 0 Å². The van der Waals surface area contributed by atoms with Crippen LogP contribution < -0.4 is 10.2 Å². The number of aryl methyl sites for hydroxylation is 1. The van der Waals surface area contributed by atoms with Gasteiger partial charge in [0, 0.05) is 31.2 Å². The molecule has 0 saturated carbocycles. The number of nitrogens with one attached hydrogen (secondary N) is 1. The normalized spacial score (nSPS) is 10.7. The van der Waals surface area contributed by atoms with Crippen LogP contribution in [0.15, 0.2) is 36.7 Å². The van der Waals surface area contributed by atoms with Crippen molar-refractivity contribution in [3.8, 4) is 0 Å². The van der Waals surface area contributed by atoms with Gasteiger partial charge in [0.15, 0.2) is 0 Å². The summed E-state index contributed by atoms with van der Waals surface area (Å²) in [6.07, 6.45) is 4.14. The molecule has 1 amide bonds. The molecule has 0 saturated heterocycles. The molecule has 0 spiro atoms. The zero-order valence-electron chi connectivity index (χ0n) is 14.9. The quantitative estimate of drug-likeness (QED) is 0.842. The molecule has 1 heterocycles. The smallest absolute Gasteiger partial charge is 0.254 e. The third-order valence-electron chi connectivity index (χ3n) is 3.78. The summed E-state index contributed by atoms with van der Waals surface area (Å²) in [5, 5.41) is 2.90. The Hall–Kier alpha value is -2.43. The maximum absolute atomic E-state index is 12.1. The average molecular weight is 326 g/mol. The predicted molar refractivity (Wildman–Crippen MR) is 97.7 cm³/mol. The predicted octanol–water partition coefficient (Wildman–Crippen LogP) is 3.72. The SMILES string of the molecule is CCN(c1cccc(C)c1)c1ncc(C(=O)NCCC(C)C)cn1. The highest BCUT2D eigenvalue weighted by Crippen LogP contribution is 2.22. The zero-order valence-corrected chi connectivity index (χ0v) is 14.9. The standard InChI is InChI=1S/C19H26N4O/c1-5-23(17-8-6-7-15(4)11-17)19-21-12-16(13-22-19)18(24)20-10-9-14(2)3/h6-8,11-14H,5,9-10H2,1-4H3,(H,20,24). The molecule has 2 aromatic rings. The number of anilines is 2. The van der Waals surface area contributed by atoms with Gasteiger partial charge in [-0.3, -0.25) is 4.79 Å². The van der Waals surface area contributed by atoms with E-state index < -0.39 is 0 Å². The van der Waals surface area contributed by atoms with Crippen LogP contribution in [0.5, 0.6) is 0 Å². The molecule has 2 rings (SSSR count). The molecule has 0 bridgehead atoms. The lowest BCUT2D eigenvalue weighted by molar-refractivity contribution is 0.0951. The molecule has 24 heavy (non-hydrogen) atoms. The van der Waals surface area contributed by atoms with Crippen LogP contribution in [-0.4, -0.2) is 29.0 Å². The van der Waals surface area contributed by atoms with Crippen LogP contribution in [-0.2, 0) is 0 Å². The van der Waals surface area contributed by atoms with Crippen molar-refractivity contribution >= 4 is 17.5 Å². The second-order valence-electron chi connectivity index (χ2n) is 6.29. The van der Waals surface area contributed by atoms with E-state index in [0.717, 1.165) is 18.7 Å². The Labute approximate surface area is 144 Å². The molecule has 0 aliphatic heterocycles. The number of benzene rings is 1. The number of hydrogen-bond donors (Lipinski definition) is 1. The topological polar surface area (TPSA) is 58.1 Å². The summed E-state index contributed by atoms with van der Waals surface area (Å²) in [6, 6.07) is 8.21. The van der Waals surface area contributed by atoms with Crippen LogP contribution in [0.25, 0.3) is 0 Å². The highest BCUT2D eigenvalue weighted by molar-refractivity contribution is 5.93. The Morgan fingerprint density at radius 2 is 1.96 bits per heavy atom. The van der Waals surface area contributed by atoms with Gasteiger partial charge in [0.1, 0.15) is 0 Å². The fraction of sp³-hybridized carbons (Fsp3) is 0.421. The molecule has 0 aliphatic carbocycles. The van der Waals surface area contributed by atoms with Gasteiger partial charge >= 0.3 is 0 Å². The van der Waals surface area contributed by atoms with Crippen LogP contribution in [0, 0.1) is 12.8 Å². The number of aromatic nitrogens is 2. The summed E-state index contributed by atoms with van der Waals surface area (Å²) in [4.78, 5) is 22.9. The van der Waals surface area contributed by atoms with Crippen LogP contribution in [0.2, 0.25) is 0 Å². The molecule has 1 N–H and O–H groups in total. The largest absolute Gasteiger partial charge is 0.352 e. The van der Waals surface area contributed by atoms with Gasteiger partial charge in [-0.2, -0.15) is 0 Å². The zero-order chi connectivity index (χ0) is 17.5. The van der Waals surface area contributed by atoms with Gasteiger partial charge in [0.2, 0.25) is 5.95 Å². The maximum atomic E-state index is 12.1. The second-order valence-corrected chi connectivity index (χ2v) is 6.29. The van der Waals surface area contributed by atoms with Gasteiger partial charge in [0.25, 0.3) is 5.91 Å². The molecule has 5 nitrogen and oxygen atoms in total. The number of nitrogens with zero attached hydrogens (tertiary/aromatic N) is 3. The Bertz CT molecular complexity index is 667. The first-order valence-corrected chi connectivity index (χ1v) is 8.45. The molecule has 0 unspecified atom stereocenters. The van der Waals surface area contributed by atoms with Gasteiger partial charge < -0.3 is 10.2 Å². The Kier molecular flexibility index (Phi) is 6.29. The summed E-state index contributed by atoms with van der Waals surface area (Å²) in [5.74, 6) is 1.04. The Balaban J connectivity index is 2.08. The monoisotopic (exact) mass is 326 g/mol. The van der Waals surface area contributed by atoms with Crippen LogP contribution in [0.3, 0.4) is 0 Å². The first-order chi connectivity index (χ1) is 11.5. The lowest BCUT2D eigenvalue weighted by atomic mass is 10.1. The summed E-state index contributed by atoms with van der Waals surface area (Å²) >= 11 is 0. The lowest BCUT2D eigenvalue weighted by Gasteiger charge is -2.21. The van der Waals surface area contributed by atoms with Crippen molar-refractivity contribution in [3.05, 3.63) is 47.8 Å². The fourth-order valence-electron chi connectivity index (χ4n) is 2.39. The van der Waals surface area contributed by atoms with E-state index in [1.807, 2.05) is 17.0 Å². The Morgan fingerprint density at radius 1 is 1.25 bits per heavy atom. The highest BCUT2D eigenvalue weighted by atomic mass is 16.1. The molecular weight excluding hydrogens is 300 g/mol. The van der Waals surface area contributed by atoms with Crippen molar-refractivity contribution in [3.63, 3.8) is 0 Å². The third kappa shape index (κ3) is 4.78. The molecule has 128 valence electrons. The summed E-state index contributed by atoms with van der Waals surface area (Å²) in [7, 11) is 0. The van der Waals surface area contributed by atoms with Crippen LogP contribution in [0.1, 0.15) is 43.1 Å². The Morgan fingerprint density at radius 3 is 2.54 bits per heavy atom. The van der Waals surface area contributed by atoms with Crippen molar-refractivity contribution in [1.29, 1.82) is 0 Å². The summed E-state index contributed by atoms with van der Waals surface area (Å²) in [6.45, 7) is 9.80. The van der Waals surface area contributed by atoms with Gasteiger partial charge in [-0.1, -0.05) is 26.0 Å². The van der Waals surface area contributed by atoms with E-state index in [1.54, 1.807) is 12.4 Å². The molecule has 0 atom stereocenters. The first kappa shape index (κ1) is 17.9. The number of carbonyl (C=O) groups excluding carboxylic acids is 1. The maximum Gasteiger partial charge on any atom is 0.254 e. The van der Waals surface area contributed by atoms with Crippen molar-refractivity contribution in [1.82, 2.24) is 15.3 Å². The van der Waals surface area contributed by atoms with E-state index in [1.165, 1.54) is 5.56 Å². The highest BCUT2D eigenvalue weighted by Gasteiger charge is 2.12. The van der Waals surface area contributed by atoms with Gasteiger partial charge in [-0.25, -0.2) is 9.97 Å². The third-order valence-corrected chi connectivity index (χ3v) is 3.78. The van der Waals surface area contributed by atoms with Gasteiger partial charge in [0.05, 0.1) is 5.56 Å². The van der Waals surface area contributed by atoms with E-state index in [2.05, 4.69) is 55.1 Å². The number of rotatable bonds is 7. The molecule has 1 aromatic carbocycles.